The van der Waals surface area contributed by atoms with E-state index in [1.807, 2.05) is 59.5 Å². The van der Waals surface area contributed by atoms with Crippen molar-refractivity contribution < 1.29 is 14.3 Å². The number of hydrogen-bond donors (Lipinski definition) is 0. The maximum absolute atomic E-state index is 13.7. The minimum Gasteiger partial charge on any atom is -0.496 e. The lowest BCUT2D eigenvalue weighted by atomic mass is 9.82. The molecule has 1 unspecified atom stereocenters. The normalized spacial score (nSPS) is 17.8. The number of nitrogens with zero attached hydrogens (tertiary/aromatic N) is 1. The van der Waals surface area contributed by atoms with Gasteiger partial charge in [-0.15, -0.1) is 0 Å². The van der Waals surface area contributed by atoms with Crippen molar-refractivity contribution in [3.05, 3.63) is 70.2 Å². The van der Waals surface area contributed by atoms with E-state index in [2.05, 4.69) is 13.2 Å². The SMILES string of the molecule is COc1cc(OC)c(-c2cccc(Cl)c2)c(-c2ccc(Cl)cc2)c1CN1CCCC(C)(CSC)C1=O. The Morgan fingerprint density at radius 3 is 2.31 bits per heavy atom. The lowest BCUT2D eigenvalue weighted by molar-refractivity contribution is -0.144. The van der Waals surface area contributed by atoms with E-state index in [0.29, 0.717) is 34.6 Å². The van der Waals surface area contributed by atoms with Gasteiger partial charge in [0.2, 0.25) is 5.91 Å². The first-order chi connectivity index (χ1) is 17.3. The summed E-state index contributed by atoms with van der Waals surface area (Å²) >= 11 is 14.4. The molecule has 1 saturated heterocycles. The summed E-state index contributed by atoms with van der Waals surface area (Å²) in [4.78, 5) is 15.6. The van der Waals surface area contributed by atoms with Crippen LogP contribution in [-0.2, 0) is 11.3 Å². The third-order valence-corrected chi connectivity index (χ3v) is 8.23. The number of ether oxygens (including phenoxy) is 2. The summed E-state index contributed by atoms with van der Waals surface area (Å²) in [5, 5.41) is 1.28. The van der Waals surface area contributed by atoms with E-state index in [-0.39, 0.29) is 11.3 Å². The highest BCUT2D eigenvalue weighted by molar-refractivity contribution is 7.98. The van der Waals surface area contributed by atoms with Gasteiger partial charge in [0, 0.05) is 51.6 Å². The zero-order chi connectivity index (χ0) is 25.9. The lowest BCUT2D eigenvalue weighted by Crippen LogP contribution is -2.48. The molecule has 4 nitrogen and oxygen atoms in total. The standard InChI is InChI=1S/C29H31Cl2NO3S/c1-29(18-36-4)13-6-14-32(28(29)33)17-23-24(34-2)16-25(35-3)27(20-7-5-8-22(31)15-20)26(23)19-9-11-21(30)12-10-19/h5,7-12,15-16H,6,13-14,17-18H2,1-4H3. The van der Waals surface area contributed by atoms with Crippen molar-refractivity contribution in [2.24, 2.45) is 5.41 Å². The van der Waals surface area contributed by atoms with Gasteiger partial charge in [-0.05, 0) is 61.4 Å². The Kier molecular flexibility index (Phi) is 8.44. The van der Waals surface area contributed by atoms with Crippen molar-refractivity contribution in [1.82, 2.24) is 4.90 Å². The Labute approximate surface area is 227 Å². The largest absolute Gasteiger partial charge is 0.496 e. The van der Waals surface area contributed by atoms with Gasteiger partial charge in [0.1, 0.15) is 11.5 Å². The number of rotatable bonds is 8. The van der Waals surface area contributed by atoms with E-state index in [1.165, 1.54) is 0 Å². The molecule has 1 aliphatic heterocycles. The average molecular weight is 545 g/mol. The summed E-state index contributed by atoms with van der Waals surface area (Å²) in [5.74, 6) is 2.33. The van der Waals surface area contributed by atoms with Gasteiger partial charge >= 0.3 is 0 Å². The summed E-state index contributed by atoms with van der Waals surface area (Å²) in [6.45, 7) is 3.23. The van der Waals surface area contributed by atoms with E-state index < -0.39 is 0 Å². The third-order valence-electron chi connectivity index (χ3n) is 6.82. The van der Waals surface area contributed by atoms with Crippen LogP contribution in [0.1, 0.15) is 25.3 Å². The van der Waals surface area contributed by atoms with Gasteiger partial charge in [0.15, 0.2) is 0 Å². The van der Waals surface area contributed by atoms with Crippen LogP contribution < -0.4 is 9.47 Å². The molecule has 0 saturated carbocycles. The molecule has 36 heavy (non-hydrogen) atoms. The van der Waals surface area contributed by atoms with E-state index >= 15 is 0 Å². The number of carbonyl (C=O) groups is 1. The van der Waals surface area contributed by atoms with Crippen LogP contribution in [0.2, 0.25) is 10.0 Å². The summed E-state index contributed by atoms with van der Waals surface area (Å²) in [6.07, 6.45) is 3.93. The van der Waals surface area contributed by atoms with E-state index in [0.717, 1.165) is 46.4 Å². The minimum atomic E-state index is -0.367. The van der Waals surface area contributed by atoms with Crippen molar-refractivity contribution in [3.63, 3.8) is 0 Å². The number of hydrogen-bond acceptors (Lipinski definition) is 4. The first-order valence-electron chi connectivity index (χ1n) is 11.9. The predicted octanol–water partition coefficient (Wildman–Crippen LogP) is 7.84. The number of methoxy groups -OCH3 is 2. The van der Waals surface area contributed by atoms with E-state index in [1.54, 1.807) is 26.0 Å². The summed E-state index contributed by atoms with van der Waals surface area (Å²) < 4.78 is 11.8. The molecule has 0 bridgehead atoms. The maximum Gasteiger partial charge on any atom is 0.229 e. The van der Waals surface area contributed by atoms with Gasteiger partial charge in [0.25, 0.3) is 0 Å². The topological polar surface area (TPSA) is 38.8 Å². The average Bonchev–Trinajstić information content (AvgIpc) is 2.87. The molecule has 3 aromatic rings. The third kappa shape index (κ3) is 5.34. The Balaban J connectivity index is 1.96. The second kappa shape index (κ2) is 11.4. The van der Waals surface area contributed by atoms with Crippen molar-refractivity contribution in [2.75, 3.05) is 32.8 Å². The molecular formula is C29H31Cl2NO3S. The van der Waals surface area contributed by atoms with Gasteiger partial charge < -0.3 is 14.4 Å². The summed E-state index contributed by atoms with van der Waals surface area (Å²) in [6, 6.07) is 17.3. The molecule has 0 aliphatic carbocycles. The second-order valence-corrected chi connectivity index (χ2v) is 11.1. The molecule has 0 radical (unpaired) electrons. The Morgan fingerprint density at radius 2 is 1.67 bits per heavy atom. The number of amides is 1. The molecule has 3 aromatic carbocycles. The molecule has 0 N–H and O–H groups in total. The number of benzene rings is 3. The molecule has 1 amide bonds. The van der Waals surface area contributed by atoms with Crippen LogP contribution >= 0.6 is 35.0 Å². The highest BCUT2D eigenvalue weighted by atomic mass is 35.5. The molecule has 4 rings (SSSR count). The first kappa shape index (κ1) is 26.7. The molecule has 1 fully saturated rings. The zero-order valence-corrected chi connectivity index (χ0v) is 23.4. The molecule has 0 spiro atoms. The Hall–Kier alpha value is -2.34. The van der Waals surface area contributed by atoms with Gasteiger partial charge in [0.05, 0.1) is 19.6 Å². The fourth-order valence-electron chi connectivity index (χ4n) is 5.09. The van der Waals surface area contributed by atoms with Crippen LogP contribution in [0.25, 0.3) is 22.3 Å². The fraction of sp³-hybridized carbons (Fsp3) is 0.345. The van der Waals surface area contributed by atoms with Crippen molar-refractivity contribution in [3.8, 4) is 33.8 Å². The highest BCUT2D eigenvalue weighted by Crippen LogP contribution is 2.47. The molecule has 0 aromatic heterocycles. The number of carbonyl (C=O) groups excluding carboxylic acids is 1. The van der Waals surface area contributed by atoms with Gasteiger partial charge in [-0.2, -0.15) is 11.8 Å². The number of piperidine rings is 1. The summed E-state index contributed by atoms with van der Waals surface area (Å²) in [5.41, 5.74) is 4.28. The molecule has 190 valence electrons. The van der Waals surface area contributed by atoms with Gasteiger partial charge in [-0.25, -0.2) is 0 Å². The smallest absolute Gasteiger partial charge is 0.229 e. The van der Waals surface area contributed by atoms with Crippen LogP contribution in [0.4, 0.5) is 0 Å². The Morgan fingerprint density at radius 1 is 0.944 bits per heavy atom. The van der Waals surface area contributed by atoms with Crippen LogP contribution in [0.3, 0.4) is 0 Å². The van der Waals surface area contributed by atoms with Crippen LogP contribution in [-0.4, -0.2) is 43.6 Å². The van der Waals surface area contributed by atoms with Crippen molar-refractivity contribution in [1.29, 1.82) is 0 Å². The van der Waals surface area contributed by atoms with Gasteiger partial charge in [-0.1, -0.05) is 47.5 Å². The van der Waals surface area contributed by atoms with Gasteiger partial charge in [-0.3, -0.25) is 4.79 Å². The Bertz CT molecular complexity index is 1240. The monoisotopic (exact) mass is 543 g/mol. The molecular weight excluding hydrogens is 513 g/mol. The molecule has 7 heteroatoms. The van der Waals surface area contributed by atoms with E-state index in [9.17, 15) is 4.79 Å². The molecule has 1 atom stereocenters. The fourth-order valence-corrected chi connectivity index (χ4v) is 6.31. The summed E-state index contributed by atoms with van der Waals surface area (Å²) in [7, 11) is 3.30. The van der Waals surface area contributed by atoms with Crippen molar-refractivity contribution >= 4 is 40.9 Å². The number of thioether (sulfide) groups is 1. The number of halogens is 2. The highest BCUT2D eigenvalue weighted by Gasteiger charge is 2.40. The lowest BCUT2D eigenvalue weighted by Gasteiger charge is -2.39. The molecule has 1 heterocycles. The second-order valence-electron chi connectivity index (χ2n) is 9.35. The van der Waals surface area contributed by atoms with E-state index in [4.69, 9.17) is 32.7 Å². The quantitative estimate of drug-likeness (QED) is 0.290. The van der Waals surface area contributed by atoms with Crippen LogP contribution in [0.5, 0.6) is 11.5 Å². The van der Waals surface area contributed by atoms with Crippen LogP contribution in [0, 0.1) is 5.41 Å². The minimum absolute atomic E-state index is 0.187. The number of likely N-dealkylation sites (tertiary alicyclic amines) is 1. The predicted molar refractivity (Wildman–Crippen MR) is 152 cm³/mol. The van der Waals surface area contributed by atoms with Crippen LogP contribution in [0.15, 0.2) is 54.6 Å². The maximum atomic E-state index is 13.7. The zero-order valence-electron chi connectivity index (χ0n) is 21.1. The van der Waals surface area contributed by atoms with Crippen molar-refractivity contribution in [2.45, 2.75) is 26.3 Å². The first-order valence-corrected chi connectivity index (χ1v) is 14.0. The molecule has 1 aliphatic rings.